The second kappa shape index (κ2) is 5.70. The molecule has 0 aliphatic heterocycles. The minimum Gasteiger partial charge on any atom is -0.377 e. The molecule has 0 radical (unpaired) electrons. The highest BCUT2D eigenvalue weighted by Gasteiger charge is 1.99. The molecule has 2 heteroatoms. The molecular formula is C11H17NO. The molecule has 72 valence electrons. The van der Waals surface area contributed by atoms with E-state index >= 15 is 0 Å². The number of aromatic nitrogens is 1. The molecule has 0 atom stereocenters. The van der Waals surface area contributed by atoms with Crippen LogP contribution in [0, 0.1) is 0 Å². The van der Waals surface area contributed by atoms with E-state index in [1.807, 2.05) is 18.5 Å². The van der Waals surface area contributed by atoms with Crippen molar-refractivity contribution < 1.29 is 4.74 Å². The van der Waals surface area contributed by atoms with Crippen LogP contribution in [0.25, 0.3) is 0 Å². The molecule has 13 heavy (non-hydrogen) atoms. The zero-order valence-electron chi connectivity index (χ0n) is 8.42. The lowest BCUT2D eigenvalue weighted by molar-refractivity contribution is 0.121. The SMILES string of the molecule is CCCOCc1ccncc1CC. The Hall–Kier alpha value is -0.890. The molecule has 0 saturated heterocycles. The molecule has 0 aromatic carbocycles. The van der Waals surface area contributed by atoms with Gasteiger partial charge in [-0.05, 0) is 30.0 Å². The van der Waals surface area contributed by atoms with Crippen molar-refractivity contribution in [2.45, 2.75) is 33.3 Å². The average Bonchev–Trinajstić information content (AvgIpc) is 2.19. The molecule has 0 saturated carbocycles. The van der Waals surface area contributed by atoms with E-state index in [9.17, 15) is 0 Å². The summed E-state index contributed by atoms with van der Waals surface area (Å²) in [5.41, 5.74) is 2.56. The highest BCUT2D eigenvalue weighted by Crippen LogP contribution is 2.08. The van der Waals surface area contributed by atoms with Crippen molar-refractivity contribution in [1.82, 2.24) is 4.98 Å². The first-order chi connectivity index (χ1) is 6.38. The number of hydrogen-bond acceptors (Lipinski definition) is 2. The van der Waals surface area contributed by atoms with Crippen molar-refractivity contribution in [3.05, 3.63) is 29.6 Å². The van der Waals surface area contributed by atoms with Crippen molar-refractivity contribution in [2.75, 3.05) is 6.61 Å². The van der Waals surface area contributed by atoms with Gasteiger partial charge >= 0.3 is 0 Å². The van der Waals surface area contributed by atoms with E-state index in [1.165, 1.54) is 11.1 Å². The molecule has 0 spiro atoms. The van der Waals surface area contributed by atoms with E-state index < -0.39 is 0 Å². The Morgan fingerprint density at radius 2 is 2.15 bits per heavy atom. The fourth-order valence-electron chi connectivity index (χ4n) is 1.24. The van der Waals surface area contributed by atoms with E-state index in [0.29, 0.717) is 0 Å². The molecule has 0 aliphatic carbocycles. The predicted molar refractivity (Wildman–Crippen MR) is 53.6 cm³/mol. The third-order valence-electron chi connectivity index (χ3n) is 1.99. The number of hydrogen-bond donors (Lipinski definition) is 0. The molecule has 0 unspecified atom stereocenters. The van der Waals surface area contributed by atoms with Gasteiger partial charge in [0.05, 0.1) is 6.61 Å². The summed E-state index contributed by atoms with van der Waals surface area (Å²) in [7, 11) is 0. The minimum absolute atomic E-state index is 0.722. The van der Waals surface area contributed by atoms with Crippen LogP contribution in [-0.4, -0.2) is 11.6 Å². The number of pyridine rings is 1. The Balaban J connectivity index is 2.54. The van der Waals surface area contributed by atoms with Gasteiger partial charge in [0.15, 0.2) is 0 Å². The molecular weight excluding hydrogens is 162 g/mol. The zero-order valence-corrected chi connectivity index (χ0v) is 8.42. The van der Waals surface area contributed by atoms with Gasteiger partial charge in [0.25, 0.3) is 0 Å². The topological polar surface area (TPSA) is 22.1 Å². The Morgan fingerprint density at radius 1 is 1.31 bits per heavy atom. The van der Waals surface area contributed by atoms with E-state index in [2.05, 4.69) is 18.8 Å². The first kappa shape index (κ1) is 10.2. The summed E-state index contributed by atoms with van der Waals surface area (Å²) < 4.78 is 5.48. The van der Waals surface area contributed by atoms with Crippen LogP contribution in [0.2, 0.25) is 0 Å². The van der Waals surface area contributed by atoms with E-state index in [4.69, 9.17) is 4.74 Å². The zero-order chi connectivity index (χ0) is 9.52. The second-order valence-electron chi connectivity index (χ2n) is 3.05. The molecule has 1 aromatic rings. The fourth-order valence-corrected chi connectivity index (χ4v) is 1.24. The van der Waals surface area contributed by atoms with Gasteiger partial charge in [0.1, 0.15) is 0 Å². The third-order valence-corrected chi connectivity index (χ3v) is 1.99. The smallest absolute Gasteiger partial charge is 0.0720 e. The lowest BCUT2D eigenvalue weighted by Gasteiger charge is -2.06. The van der Waals surface area contributed by atoms with Gasteiger partial charge in [-0.1, -0.05) is 13.8 Å². The number of rotatable bonds is 5. The van der Waals surface area contributed by atoms with Crippen LogP contribution < -0.4 is 0 Å². The molecule has 0 aliphatic rings. The quantitative estimate of drug-likeness (QED) is 0.648. The van der Waals surface area contributed by atoms with Crippen LogP contribution in [-0.2, 0) is 17.8 Å². The summed E-state index contributed by atoms with van der Waals surface area (Å²) in [5, 5.41) is 0. The van der Waals surface area contributed by atoms with Gasteiger partial charge in [-0.3, -0.25) is 4.98 Å². The van der Waals surface area contributed by atoms with Gasteiger partial charge in [-0.15, -0.1) is 0 Å². The third kappa shape index (κ3) is 3.15. The molecule has 0 amide bonds. The van der Waals surface area contributed by atoms with Crippen LogP contribution in [0.5, 0.6) is 0 Å². The maximum Gasteiger partial charge on any atom is 0.0720 e. The number of aryl methyl sites for hydroxylation is 1. The molecule has 1 rings (SSSR count). The average molecular weight is 179 g/mol. The van der Waals surface area contributed by atoms with Crippen LogP contribution >= 0.6 is 0 Å². The Kier molecular flexibility index (Phi) is 4.47. The molecule has 1 aromatic heterocycles. The van der Waals surface area contributed by atoms with Crippen molar-refractivity contribution in [3.8, 4) is 0 Å². The van der Waals surface area contributed by atoms with Crippen LogP contribution in [0.15, 0.2) is 18.5 Å². The monoisotopic (exact) mass is 179 g/mol. The molecule has 0 bridgehead atoms. The van der Waals surface area contributed by atoms with Gasteiger partial charge in [0.2, 0.25) is 0 Å². The van der Waals surface area contributed by atoms with E-state index in [-0.39, 0.29) is 0 Å². The van der Waals surface area contributed by atoms with Crippen molar-refractivity contribution in [2.24, 2.45) is 0 Å². The van der Waals surface area contributed by atoms with Gasteiger partial charge in [-0.2, -0.15) is 0 Å². The van der Waals surface area contributed by atoms with Gasteiger partial charge in [0, 0.05) is 19.0 Å². The normalized spacial score (nSPS) is 10.3. The van der Waals surface area contributed by atoms with Crippen molar-refractivity contribution in [3.63, 3.8) is 0 Å². The van der Waals surface area contributed by atoms with Crippen LogP contribution in [0.4, 0.5) is 0 Å². The Bertz CT molecular complexity index is 248. The largest absolute Gasteiger partial charge is 0.377 e. The van der Waals surface area contributed by atoms with Crippen molar-refractivity contribution in [1.29, 1.82) is 0 Å². The lowest BCUT2D eigenvalue weighted by Crippen LogP contribution is -1.98. The van der Waals surface area contributed by atoms with E-state index in [0.717, 1.165) is 26.1 Å². The predicted octanol–water partition coefficient (Wildman–Crippen LogP) is 2.57. The highest BCUT2D eigenvalue weighted by molar-refractivity contribution is 5.22. The van der Waals surface area contributed by atoms with Crippen LogP contribution in [0.3, 0.4) is 0 Å². The summed E-state index contributed by atoms with van der Waals surface area (Å²) in [6, 6.07) is 2.04. The van der Waals surface area contributed by atoms with Gasteiger partial charge in [-0.25, -0.2) is 0 Å². The fraction of sp³-hybridized carbons (Fsp3) is 0.545. The second-order valence-corrected chi connectivity index (χ2v) is 3.05. The first-order valence-electron chi connectivity index (χ1n) is 4.88. The summed E-state index contributed by atoms with van der Waals surface area (Å²) in [6.07, 6.45) is 5.85. The Labute approximate surface area is 80.0 Å². The summed E-state index contributed by atoms with van der Waals surface area (Å²) in [4.78, 5) is 4.09. The molecule has 1 heterocycles. The number of nitrogens with zero attached hydrogens (tertiary/aromatic N) is 1. The summed E-state index contributed by atoms with van der Waals surface area (Å²) >= 11 is 0. The van der Waals surface area contributed by atoms with Gasteiger partial charge < -0.3 is 4.74 Å². The number of ether oxygens (including phenoxy) is 1. The molecule has 0 fully saturated rings. The van der Waals surface area contributed by atoms with E-state index in [1.54, 1.807) is 0 Å². The first-order valence-corrected chi connectivity index (χ1v) is 4.88. The lowest BCUT2D eigenvalue weighted by atomic mass is 10.1. The van der Waals surface area contributed by atoms with Crippen LogP contribution in [0.1, 0.15) is 31.4 Å². The maximum absolute atomic E-state index is 5.48. The highest BCUT2D eigenvalue weighted by atomic mass is 16.5. The Morgan fingerprint density at radius 3 is 2.85 bits per heavy atom. The molecule has 0 N–H and O–H groups in total. The summed E-state index contributed by atoms with van der Waals surface area (Å²) in [6.45, 7) is 5.82. The summed E-state index contributed by atoms with van der Waals surface area (Å²) in [5.74, 6) is 0. The minimum atomic E-state index is 0.722. The van der Waals surface area contributed by atoms with Crippen molar-refractivity contribution >= 4 is 0 Å². The maximum atomic E-state index is 5.48. The standard InChI is InChI=1S/C11H17NO/c1-3-7-13-9-11-5-6-12-8-10(11)4-2/h5-6,8H,3-4,7,9H2,1-2H3. The molecule has 2 nitrogen and oxygen atoms in total.